The highest BCUT2D eigenvalue weighted by atomic mass is 16.6. The molecule has 0 unspecified atom stereocenters. The van der Waals surface area contributed by atoms with Crippen LogP contribution in [0.15, 0.2) is 24.3 Å². The maximum absolute atomic E-state index is 11.9. The van der Waals surface area contributed by atoms with Crippen LogP contribution < -0.4 is 0 Å². The molecule has 0 aliphatic rings. The molecule has 1 amide bonds. The van der Waals surface area contributed by atoms with Gasteiger partial charge in [0.05, 0.1) is 13.5 Å². The van der Waals surface area contributed by atoms with Gasteiger partial charge in [-0.1, -0.05) is 24.3 Å². The molecule has 21 heavy (non-hydrogen) atoms. The minimum Gasteiger partial charge on any atom is -0.469 e. The van der Waals surface area contributed by atoms with Crippen molar-refractivity contribution < 1.29 is 19.1 Å². The number of amides is 1. The van der Waals surface area contributed by atoms with Gasteiger partial charge in [-0.3, -0.25) is 4.79 Å². The van der Waals surface area contributed by atoms with Gasteiger partial charge in [0.2, 0.25) is 0 Å². The largest absolute Gasteiger partial charge is 0.469 e. The number of nitrogens with zero attached hydrogens (tertiary/aromatic N) is 1. The maximum atomic E-state index is 11.9. The molecular formula is C16H23NO4. The molecule has 0 aliphatic heterocycles. The Morgan fingerprint density at radius 1 is 1.19 bits per heavy atom. The first-order valence-corrected chi connectivity index (χ1v) is 6.80. The zero-order chi connectivity index (χ0) is 16.0. The summed E-state index contributed by atoms with van der Waals surface area (Å²) in [6.45, 7) is 5.91. The molecule has 0 atom stereocenters. The van der Waals surface area contributed by atoms with Crippen molar-refractivity contribution in [2.24, 2.45) is 0 Å². The molecule has 0 spiro atoms. The SMILES string of the molecule is COC(=O)Cc1cccc(CN(C)C(=O)OC(C)(C)C)c1. The fraction of sp³-hybridized carbons (Fsp3) is 0.500. The van der Waals surface area contributed by atoms with E-state index in [0.29, 0.717) is 6.54 Å². The van der Waals surface area contributed by atoms with Crippen LogP contribution in [-0.2, 0) is 27.2 Å². The Hall–Kier alpha value is -2.04. The summed E-state index contributed by atoms with van der Waals surface area (Å²) < 4.78 is 9.94. The van der Waals surface area contributed by atoms with Gasteiger partial charge in [-0.15, -0.1) is 0 Å². The lowest BCUT2D eigenvalue weighted by Gasteiger charge is -2.24. The van der Waals surface area contributed by atoms with Crippen molar-refractivity contribution in [2.45, 2.75) is 39.3 Å². The monoisotopic (exact) mass is 293 g/mol. The van der Waals surface area contributed by atoms with Crippen molar-refractivity contribution in [3.05, 3.63) is 35.4 Å². The average Bonchev–Trinajstić information content (AvgIpc) is 2.37. The van der Waals surface area contributed by atoms with Crippen molar-refractivity contribution >= 4 is 12.1 Å². The molecule has 0 saturated carbocycles. The van der Waals surface area contributed by atoms with Crippen molar-refractivity contribution in [3.8, 4) is 0 Å². The number of benzene rings is 1. The first-order valence-electron chi connectivity index (χ1n) is 6.80. The molecule has 0 heterocycles. The third-order valence-corrected chi connectivity index (χ3v) is 2.69. The van der Waals surface area contributed by atoms with Gasteiger partial charge in [0.15, 0.2) is 0 Å². The van der Waals surface area contributed by atoms with Crippen LogP contribution in [0.5, 0.6) is 0 Å². The lowest BCUT2D eigenvalue weighted by Crippen LogP contribution is -2.33. The fourth-order valence-corrected chi connectivity index (χ4v) is 1.76. The van der Waals surface area contributed by atoms with Crippen LogP contribution in [-0.4, -0.2) is 36.7 Å². The topological polar surface area (TPSA) is 55.8 Å². The smallest absolute Gasteiger partial charge is 0.410 e. The van der Waals surface area contributed by atoms with Crippen molar-refractivity contribution in [3.63, 3.8) is 0 Å². The third kappa shape index (κ3) is 6.29. The van der Waals surface area contributed by atoms with Crippen molar-refractivity contribution in [1.82, 2.24) is 4.90 Å². The van der Waals surface area contributed by atoms with E-state index in [9.17, 15) is 9.59 Å². The number of carbonyl (C=O) groups excluding carboxylic acids is 2. The third-order valence-electron chi connectivity index (χ3n) is 2.69. The zero-order valence-electron chi connectivity index (χ0n) is 13.3. The number of carbonyl (C=O) groups is 2. The van der Waals surface area contributed by atoms with Gasteiger partial charge in [0.1, 0.15) is 5.60 Å². The second kappa shape index (κ2) is 7.11. The molecule has 0 saturated heterocycles. The van der Waals surface area contributed by atoms with Crippen molar-refractivity contribution in [1.29, 1.82) is 0 Å². The van der Waals surface area contributed by atoms with Gasteiger partial charge in [-0.2, -0.15) is 0 Å². The van der Waals surface area contributed by atoms with Gasteiger partial charge in [0, 0.05) is 13.6 Å². The molecule has 1 rings (SSSR count). The summed E-state index contributed by atoms with van der Waals surface area (Å²) in [4.78, 5) is 24.7. The number of ether oxygens (including phenoxy) is 2. The number of esters is 1. The van der Waals surface area contributed by atoms with E-state index >= 15 is 0 Å². The highest BCUT2D eigenvalue weighted by molar-refractivity contribution is 5.72. The van der Waals surface area contributed by atoms with E-state index in [1.807, 2.05) is 45.0 Å². The summed E-state index contributed by atoms with van der Waals surface area (Å²) in [6, 6.07) is 7.50. The van der Waals surface area contributed by atoms with Gasteiger partial charge >= 0.3 is 12.1 Å². The second-order valence-corrected chi connectivity index (χ2v) is 5.91. The number of hydrogen-bond donors (Lipinski definition) is 0. The Kier molecular flexibility index (Phi) is 5.76. The molecule has 0 aromatic heterocycles. The van der Waals surface area contributed by atoms with Crippen LogP contribution in [0.1, 0.15) is 31.9 Å². The Bertz CT molecular complexity index is 505. The molecule has 5 nitrogen and oxygen atoms in total. The molecule has 0 aliphatic carbocycles. The molecule has 0 bridgehead atoms. The van der Waals surface area contributed by atoms with E-state index in [1.54, 1.807) is 7.05 Å². The highest BCUT2D eigenvalue weighted by Gasteiger charge is 2.19. The molecule has 0 radical (unpaired) electrons. The zero-order valence-corrected chi connectivity index (χ0v) is 13.3. The number of rotatable bonds is 4. The van der Waals surface area contributed by atoms with Crippen molar-refractivity contribution in [2.75, 3.05) is 14.2 Å². The van der Waals surface area contributed by atoms with Crippen LogP contribution in [0.2, 0.25) is 0 Å². The predicted molar refractivity (Wildman–Crippen MR) is 79.9 cm³/mol. The molecular weight excluding hydrogens is 270 g/mol. The molecule has 1 aromatic rings. The van der Waals surface area contributed by atoms with E-state index in [4.69, 9.17) is 4.74 Å². The summed E-state index contributed by atoms with van der Waals surface area (Å²) in [5.41, 5.74) is 1.28. The summed E-state index contributed by atoms with van der Waals surface area (Å²) in [7, 11) is 3.05. The van der Waals surface area contributed by atoms with Crippen LogP contribution >= 0.6 is 0 Å². The van der Waals surface area contributed by atoms with Gasteiger partial charge in [-0.25, -0.2) is 4.79 Å². The standard InChI is InChI=1S/C16H23NO4/c1-16(2,3)21-15(19)17(4)11-13-8-6-7-12(9-13)10-14(18)20-5/h6-9H,10-11H2,1-5H3. The first-order chi connectivity index (χ1) is 9.71. The number of hydrogen-bond acceptors (Lipinski definition) is 4. The normalized spacial score (nSPS) is 10.9. The maximum Gasteiger partial charge on any atom is 0.410 e. The van der Waals surface area contributed by atoms with Crippen LogP contribution in [0.4, 0.5) is 4.79 Å². The van der Waals surface area contributed by atoms with Gasteiger partial charge in [-0.05, 0) is 31.9 Å². The molecule has 0 fully saturated rings. The molecule has 1 aromatic carbocycles. The lowest BCUT2D eigenvalue weighted by atomic mass is 10.1. The summed E-state index contributed by atoms with van der Waals surface area (Å²) in [5.74, 6) is -0.285. The summed E-state index contributed by atoms with van der Waals surface area (Å²) >= 11 is 0. The van der Waals surface area contributed by atoms with Crippen LogP contribution in [0, 0.1) is 0 Å². The Morgan fingerprint density at radius 2 is 1.81 bits per heavy atom. The quantitative estimate of drug-likeness (QED) is 0.801. The number of methoxy groups -OCH3 is 1. The van der Waals surface area contributed by atoms with Gasteiger partial charge in [0.25, 0.3) is 0 Å². The second-order valence-electron chi connectivity index (χ2n) is 5.91. The predicted octanol–water partition coefficient (Wildman–Crippen LogP) is 2.77. The first kappa shape index (κ1) is 17.0. The summed E-state index contributed by atoms with van der Waals surface area (Å²) in [6.07, 6.45) is -0.151. The van der Waals surface area contributed by atoms with Crippen LogP contribution in [0.25, 0.3) is 0 Å². The average molecular weight is 293 g/mol. The fourth-order valence-electron chi connectivity index (χ4n) is 1.76. The van der Waals surface area contributed by atoms with E-state index in [-0.39, 0.29) is 18.5 Å². The summed E-state index contributed by atoms with van der Waals surface area (Å²) in [5, 5.41) is 0. The van der Waals surface area contributed by atoms with E-state index in [1.165, 1.54) is 12.0 Å². The minimum atomic E-state index is -0.516. The molecule has 116 valence electrons. The lowest BCUT2D eigenvalue weighted by molar-refractivity contribution is -0.139. The van der Waals surface area contributed by atoms with E-state index in [2.05, 4.69) is 4.74 Å². The highest BCUT2D eigenvalue weighted by Crippen LogP contribution is 2.13. The van der Waals surface area contributed by atoms with E-state index < -0.39 is 5.60 Å². The Labute approximate surface area is 125 Å². The molecule has 5 heteroatoms. The van der Waals surface area contributed by atoms with Gasteiger partial charge < -0.3 is 14.4 Å². The Morgan fingerprint density at radius 3 is 2.38 bits per heavy atom. The molecule has 0 N–H and O–H groups in total. The Balaban J connectivity index is 2.68. The van der Waals surface area contributed by atoms with Crippen LogP contribution in [0.3, 0.4) is 0 Å². The minimum absolute atomic E-state index is 0.223. The van der Waals surface area contributed by atoms with E-state index in [0.717, 1.165) is 11.1 Å².